The molecule has 5 amide bonds. The molecule has 4 unspecified atom stereocenters. The Hall–Kier alpha value is -4.91. The van der Waals surface area contributed by atoms with Gasteiger partial charge in [-0.3, -0.25) is 28.8 Å². The molecule has 1 aromatic rings. The van der Waals surface area contributed by atoms with Crippen LogP contribution in [0.15, 0.2) is 39.6 Å². The van der Waals surface area contributed by atoms with E-state index in [9.17, 15) is 38.4 Å². The van der Waals surface area contributed by atoms with Crippen molar-refractivity contribution in [1.29, 1.82) is 0 Å². The number of hydrogen-bond acceptors (Lipinski definition) is 18. The number of likely N-dealkylation sites (tertiary alicyclic amines) is 4. The number of carbonyl (C=O) groups excluding carboxylic acids is 5. The molecule has 10 N–H and O–H groups in total. The number of carboxylic acid groups (broad SMARTS) is 3. The van der Waals surface area contributed by atoms with E-state index in [1.807, 2.05) is 47.6 Å². The number of rotatable bonds is 9. The molecular weight excluding hydrogens is 1240 g/mol. The Bertz CT molecular complexity index is 2240. The number of ether oxygens (including phenoxy) is 6. The zero-order chi connectivity index (χ0) is 62.6. The molecule has 4 atom stereocenters. The number of alkyl carbamates (subject to hydrolysis) is 1. The number of hydrogen-bond donors (Lipinski definition) is 7. The third-order valence-electron chi connectivity index (χ3n) is 14.9. The Morgan fingerprint density at radius 1 is 0.600 bits per heavy atom. The third kappa shape index (κ3) is 27.4. The van der Waals surface area contributed by atoms with E-state index in [0.717, 1.165) is 126 Å². The van der Waals surface area contributed by atoms with Gasteiger partial charge >= 0.3 is 24.0 Å². The van der Waals surface area contributed by atoms with Crippen LogP contribution >= 0.6 is 31.9 Å². The number of nitrogens with one attached hydrogen (secondary N) is 1. The molecule has 0 radical (unpaired) electrons. The van der Waals surface area contributed by atoms with E-state index in [1.165, 1.54) is 0 Å². The molecule has 0 bridgehead atoms. The second-order valence-corrected chi connectivity index (χ2v) is 24.6. The minimum absolute atomic E-state index is 0.0192. The van der Waals surface area contributed by atoms with E-state index < -0.39 is 41.9 Å². The zero-order valence-corrected chi connectivity index (χ0v) is 52.6. The standard InChI is InChI=1S/C14H24N2O4.C10H15NO4.2C9H16N2O2.C5H3Br2N.C5H11NO.C5H6O4/c1-14(2,3)20-13(18)15-10-8-12(17)16(9-10)11-4-6-19-7-5-11;12-9-5-7(10(13)14)6-11(9)8-1-3-15-4-2-8;2*10-7-5-9(12)11(6-7)8-1-3-13-4-2-8;6-4-2-1-3-8-5(4)7;6-5-1-3-7-4-2-5;1-3(5(8)9)2-4(6)7/h10-11H,4-9H2,1-3H3,(H,15,18);7-8H,1-6H2,(H,13,14);2*7-8H,1-6,10H2;1-3H;5H,1-4,6H2;1-2H2,(H,6,7)(H,8,9). The first-order chi connectivity index (χ1) is 40.3. The molecule has 0 spiro atoms. The quantitative estimate of drug-likeness (QED) is 0.137. The van der Waals surface area contributed by atoms with Crippen molar-refractivity contribution in [3.8, 4) is 0 Å². The van der Waals surface area contributed by atoms with E-state index in [2.05, 4.69) is 48.7 Å². The molecular formula is C57H91Br2N9O17. The lowest BCUT2D eigenvalue weighted by molar-refractivity contribution is -0.141. The predicted octanol–water partition coefficient (Wildman–Crippen LogP) is 3.67. The second-order valence-electron chi connectivity index (χ2n) is 23.0. The van der Waals surface area contributed by atoms with Crippen LogP contribution in [0, 0.1) is 5.92 Å². The van der Waals surface area contributed by atoms with E-state index in [0.29, 0.717) is 76.9 Å². The van der Waals surface area contributed by atoms with Crippen LogP contribution in [-0.2, 0) is 62.0 Å². The summed E-state index contributed by atoms with van der Waals surface area (Å²) in [6.45, 7) is 18.5. The lowest BCUT2D eigenvalue weighted by atomic mass is 10.1. The average molecular weight is 1330 g/mol. The van der Waals surface area contributed by atoms with Gasteiger partial charge in [0.25, 0.3) is 0 Å². The number of amides is 5. The van der Waals surface area contributed by atoms with Gasteiger partial charge < -0.3 is 85.9 Å². The van der Waals surface area contributed by atoms with Crippen molar-refractivity contribution in [2.45, 2.75) is 171 Å². The Labute approximate surface area is 515 Å². The van der Waals surface area contributed by atoms with Crippen molar-refractivity contribution in [1.82, 2.24) is 29.9 Å². The van der Waals surface area contributed by atoms with Crippen LogP contribution < -0.4 is 22.5 Å². The van der Waals surface area contributed by atoms with Crippen LogP contribution in [0.3, 0.4) is 0 Å². The number of nitrogens with zero attached hydrogens (tertiary/aromatic N) is 5. The van der Waals surface area contributed by atoms with Crippen molar-refractivity contribution in [2.24, 2.45) is 23.1 Å². The Kier molecular flexibility index (Phi) is 32.2. The SMILES string of the molecule is Brc1cccnc1Br.C=C(CC(=O)O)C(=O)O.CC(C)(C)OC(=O)NC1CC(=O)N(C2CCOCC2)C1.NC1CC(=O)N(C2CCOCC2)C1.NC1CC(=O)N(C2CCOCC2)C1.NC1CCOCC1.O=C(O)C1CC(=O)N(C2CCOCC2)C1. The topological polar surface area (TPSA) is 369 Å². The number of pyridine rings is 1. The molecule has 28 heteroatoms. The maximum absolute atomic E-state index is 12.0. The molecule has 0 aliphatic carbocycles. The van der Waals surface area contributed by atoms with Crippen LogP contribution in [0.25, 0.3) is 0 Å². The summed E-state index contributed by atoms with van der Waals surface area (Å²) in [4.78, 5) is 100. The molecule has 9 fully saturated rings. The lowest BCUT2D eigenvalue weighted by Gasteiger charge is -2.31. The van der Waals surface area contributed by atoms with Crippen LogP contribution in [0.4, 0.5) is 4.79 Å². The van der Waals surface area contributed by atoms with Gasteiger partial charge in [0.1, 0.15) is 10.2 Å². The molecule has 10 rings (SSSR count). The van der Waals surface area contributed by atoms with E-state index in [4.69, 9.17) is 60.9 Å². The fourth-order valence-electron chi connectivity index (χ4n) is 10.5. The molecule has 480 valence electrons. The molecule has 9 saturated heterocycles. The number of halogens is 2. The normalized spacial score (nSPS) is 24.3. The maximum Gasteiger partial charge on any atom is 0.407 e. The molecule has 10 heterocycles. The van der Waals surface area contributed by atoms with Gasteiger partial charge in [-0.2, -0.15) is 0 Å². The van der Waals surface area contributed by atoms with Crippen LogP contribution in [0.2, 0.25) is 0 Å². The Balaban J connectivity index is 0.000000218. The Morgan fingerprint density at radius 2 is 0.976 bits per heavy atom. The summed E-state index contributed by atoms with van der Waals surface area (Å²) >= 11 is 6.52. The molecule has 85 heavy (non-hydrogen) atoms. The summed E-state index contributed by atoms with van der Waals surface area (Å²) in [7, 11) is 0. The van der Waals surface area contributed by atoms with E-state index in [-0.39, 0.29) is 65.8 Å². The second kappa shape index (κ2) is 37.7. The molecule has 9 aliphatic rings. The highest BCUT2D eigenvalue weighted by Crippen LogP contribution is 2.26. The summed E-state index contributed by atoms with van der Waals surface area (Å²) in [6.07, 6.45) is 11.7. The highest BCUT2D eigenvalue weighted by Gasteiger charge is 2.39. The molecule has 0 aromatic carbocycles. The zero-order valence-electron chi connectivity index (χ0n) is 49.4. The van der Waals surface area contributed by atoms with Crippen molar-refractivity contribution >= 4 is 79.5 Å². The summed E-state index contributed by atoms with van der Waals surface area (Å²) in [5, 5.41) is 27.7. The smallest absolute Gasteiger partial charge is 0.407 e. The number of nitrogens with two attached hydrogens (primary N) is 3. The van der Waals surface area contributed by atoms with Gasteiger partial charge in [-0.15, -0.1) is 0 Å². The largest absolute Gasteiger partial charge is 0.481 e. The van der Waals surface area contributed by atoms with Gasteiger partial charge in [0, 0.05) is 172 Å². The minimum atomic E-state index is -1.27. The first-order valence-corrected chi connectivity index (χ1v) is 30.8. The number of aliphatic carboxylic acids is 3. The van der Waals surface area contributed by atoms with Gasteiger partial charge in [-0.05, 0) is 129 Å². The number of aromatic nitrogens is 1. The van der Waals surface area contributed by atoms with E-state index in [1.54, 1.807) is 11.1 Å². The van der Waals surface area contributed by atoms with Gasteiger partial charge in [-0.25, -0.2) is 14.6 Å². The Morgan fingerprint density at radius 3 is 1.26 bits per heavy atom. The highest BCUT2D eigenvalue weighted by atomic mass is 79.9. The van der Waals surface area contributed by atoms with Crippen molar-refractivity contribution in [2.75, 3.05) is 92.2 Å². The van der Waals surface area contributed by atoms with Crippen molar-refractivity contribution in [3.05, 3.63) is 39.6 Å². The predicted molar refractivity (Wildman–Crippen MR) is 318 cm³/mol. The fourth-order valence-corrected chi connectivity index (χ4v) is 11.0. The van der Waals surface area contributed by atoms with Crippen LogP contribution in [0.5, 0.6) is 0 Å². The molecule has 9 aliphatic heterocycles. The first kappa shape index (κ1) is 72.6. The summed E-state index contributed by atoms with van der Waals surface area (Å²) in [5.41, 5.74) is 16.2. The van der Waals surface area contributed by atoms with Gasteiger partial charge in [-0.1, -0.05) is 6.58 Å². The molecule has 1 aromatic heterocycles. The summed E-state index contributed by atoms with van der Waals surface area (Å²) in [6, 6.07) is 5.37. The van der Waals surface area contributed by atoms with Crippen LogP contribution in [-0.4, -0.2) is 234 Å². The van der Waals surface area contributed by atoms with Crippen molar-refractivity contribution in [3.63, 3.8) is 0 Å². The van der Waals surface area contributed by atoms with E-state index >= 15 is 0 Å². The summed E-state index contributed by atoms with van der Waals surface area (Å²) in [5.74, 6) is -3.29. The first-order valence-electron chi connectivity index (χ1n) is 29.3. The minimum Gasteiger partial charge on any atom is -0.481 e. The van der Waals surface area contributed by atoms with Gasteiger partial charge in [0.15, 0.2) is 0 Å². The average Bonchev–Trinajstić information content (AvgIpc) is 3.93. The van der Waals surface area contributed by atoms with Gasteiger partial charge in [0.05, 0.1) is 22.9 Å². The number of carbonyl (C=O) groups is 8. The fraction of sp³-hybridized carbons (Fsp3) is 0.737. The molecule has 0 saturated carbocycles. The summed E-state index contributed by atoms with van der Waals surface area (Å²) < 4.78 is 33.1. The molecule has 26 nitrogen and oxygen atoms in total. The van der Waals surface area contributed by atoms with Crippen molar-refractivity contribution < 1.29 is 82.1 Å². The lowest BCUT2D eigenvalue weighted by Crippen LogP contribution is -2.43. The number of carboxylic acids is 3. The maximum atomic E-state index is 12.0. The van der Waals surface area contributed by atoms with Gasteiger partial charge in [0.2, 0.25) is 23.6 Å². The third-order valence-corrected chi connectivity index (χ3v) is 16.7. The van der Waals surface area contributed by atoms with Crippen LogP contribution in [0.1, 0.15) is 117 Å². The highest BCUT2D eigenvalue weighted by molar-refractivity contribution is 9.13. The monoisotopic (exact) mass is 1330 g/mol.